The molecule has 0 bridgehead atoms. The smallest absolute Gasteiger partial charge is 0.0555 e. The molecule has 1 atom stereocenters. The predicted molar refractivity (Wildman–Crippen MR) is 59.2 cm³/mol. The Morgan fingerprint density at radius 1 is 1.29 bits per heavy atom. The van der Waals surface area contributed by atoms with Crippen LogP contribution in [0.2, 0.25) is 0 Å². The van der Waals surface area contributed by atoms with E-state index < -0.39 is 0 Å². The second-order valence-electron chi connectivity index (χ2n) is 3.70. The molecule has 0 fully saturated rings. The second kappa shape index (κ2) is 5.78. The first kappa shape index (κ1) is 11.2. The van der Waals surface area contributed by atoms with E-state index in [1.807, 2.05) is 12.1 Å². The van der Waals surface area contributed by atoms with Crippen molar-refractivity contribution in [1.82, 2.24) is 0 Å². The summed E-state index contributed by atoms with van der Waals surface area (Å²) in [6.45, 7) is 2.67. The summed E-state index contributed by atoms with van der Waals surface area (Å²) in [7, 11) is 0. The van der Waals surface area contributed by atoms with E-state index in [1.54, 1.807) is 0 Å². The van der Waals surface area contributed by atoms with E-state index in [0.717, 1.165) is 12.8 Å². The van der Waals surface area contributed by atoms with Crippen LogP contribution < -0.4 is 5.73 Å². The summed E-state index contributed by atoms with van der Waals surface area (Å²) in [5.41, 5.74) is 7.99. The molecule has 2 nitrogen and oxygen atoms in total. The minimum atomic E-state index is -0.250. The van der Waals surface area contributed by atoms with Gasteiger partial charge in [0.05, 0.1) is 6.10 Å². The Bertz CT molecular complexity index is 273. The molecule has 0 heterocycles. The standard InChI is InChI=1S/C12H19NO/c1-10-4-2-3-5-11(10)6-7-12(14)8-9-13/h2-5,12,14H,6-9,13H2,1H3. The zero-order chi connectivity index (χ0) is 10.4. The maximum absolute atomic E-state index is 9.52. The van der Waals surface area contributed by atoms with Crippen molar-refractivity contribution in [3.63, 3.8) is 0 Å². The number of nitrogens with two attached hydrogens (primary N) is 1. The van der Waals surface area contributed by atoms with Gasteiger partial charge in [-0.05, 0) is 43.9 Å². The molecule has 1 aromatic carbocycles. The van der Waals surface area contributed by atoms with Crippen molar-refractivity contribution < 1.29 is 5.11 Å². The van der Waals surface area contributed by atoms with Gasteiger partial charge in [-0.3, -0.25) is 0 Å². The molecular weight excluding hydrogens is 174 g/mol. The molecule has 1 aromatic rings. The number of aryl methyl sites for hydroxylation is 2. The van der Waals surface area contributed by atoms with Gasteiger partial charge in [-0.25, -0.2) is 0 Å². The van der Waals surface area contributed by atoms with Crippen molar-refractivity contribution in [3.8, 4) is 0 Å². The first-order valence-corrected chi connectivity index (χ1v) is 5.16. The Morgan fingerprint density at radius 2 is 2.00 bits per heavy atom. The lowest BCUT2D eigenvalue weighted by Gasteiger charge is -2.10. The third-order valence-electron chi connectivity index (χ3n) is 2.51. The topological polar surface area (TPSA) is 46.2 Å². The van der Waals surface area contributed by atoms with E-state index in [1.165, 1.54) is 11.1 Å². The highest BCUT2D eigenvalue weighted by atomic mass is 16.3. The van der Waals surface area contributed by atoms with Gasteiger partial charge < -0.3 is 10.8 Å². The highest BCUT2D eigenvalue weighted by Crippen LogP contribution is 2.11. The lowest BCUT2D eigenvalue weighted by atomic mass is 10.0. The van der Waals surface area contributed by atoms with Gasteiger partial charge in [0.2, 0.25) is 0 Å². The minimum absolute atomic E-state index is 0.250. The van der Waals surface area contributed by atoms with E-state index in [4.69, 9.17) is 5.73 Å². The predicted octanol–water partition coefficient (Wildman–Crippen LogP) is 1.64. The molecule has 0 aliphatic carbocycles. The molecule has 0 saturated heterocycles. The summed E-state index contributed by atoms with van der Waals surface area (Å²) < 4.78 is 0. The molecule has 0 aliphatic heterocycles. The lowest BCUT2D eigenvalue weighted by molar-refractivity contribution is 0.157. The van der Waals surface area contributed by atoms with Crippen LogP contribution in [0.5, 0.6) is 0 Å². The van der Waals surface area contributed by atoms with Crippen LogP contribution in [0.3, 0.4) is 0 Å². The van der Waals surface area contributed by atoms with E-state index >= 15 is 0 Å². The lowest BCUT2D eigenvalue weighted by Crippen LogP contribution is -2.14. The van der Waals surface area contributed by atoms with E-state index in [0.29, 0.717) is 13.0 Å². The van der Waals surface area contributed by atoms with Gasteiger partial charge in [-0.2, -0.15) is 0 Å². The maximum atomic E-state index is 9.52. The fourth-order valence-electron chi connectivity index (χ4n) is 1.55. The highest BCUT2D eigenvalue weighted by Gasteiger charge is 2.04. The van der Waals surface area contributed by atoms with Crippen molar-refractivity contribution in [3.05, 3.63) is 35.4 Å². The molecule has 0 radical (unpaired) electrons. The zero-order valence-corrected chi connectivity index (χ0v) is 8.74. The molecule has 0 aromatic heterocycles. The van der Waals surface area contributed by atoms with Crippen LogP contribution in [-0.2, 0) is 6.42 Å². The molecule has 14 heavy (non-hydrogen) atoms. The van der Waals surface area contributed by atoms with Gasteiger partial charge in [0.1, 0.15) is 0 Å². The van der Waals surface area contributed by atoms with Gasteiger partial charge in [-0.1, -0.05) is 24.3 Å². The summed E-state index contributed by atoms with van der Waals surface area (Å²) in [5, 5.41) is 9.52. The average molecular weight is 193 g/mol. The molecule has 0 aliphatic rings. The molecular formula is C12H19NO. The quantitative estimate of drug-likeness (QED) is 0.746. The van der Waals surface area contributed by atoms with Gasteiger partial charge in [0, 0.05) is 0 Å². The van der Waals surface area contributed by atoms with Crippen LogP contribution in [0.4, 0.5) is 0 Å². The number of hydrogen-bond donors (Lipinski definition) is 2. The van der Waals surface area contributed by atoms with Crippen LogP contribution in [-0.4, -0.2) is 17.8 Å². The average Bonchev–Trinajstić information content (AvgIpc) is 2.17. The third-order valence-corrected chi connectivity index (χ3v) is 2.51. The third kappa shape index (κ3) is 3.48. The first-order chi connectivity index (χ1) is 6.74. The highest BCUT2D eigenvalue weighted by molar-refractivity contribution is 5.25. The van der Waals surface area contributed by atoms with Gasteiger partial charge in [0.15, 0.2) is 0 Å². The Hall–Kier alpha value is -0.860. The number of rotatable bonds is 5. The first-order valence-electron chi connectivity index (χ1n) is 5.16. The summed E-state index contributed by atoms with van der Waals surface area (Å²) in [6, 6.07) is 8.29. The van der Waals surface area contributed by atoms with Crippen LogP contribution in [0.25, 0.3) is 0 Å². The van der Waals surface area contributed by atoms with E-state index in [2.05, 4.69) is 19.1 Å². The van der Waals surface area contributed by atoms with Crippen LogP contribution >= 0.6 is 0 Å². The molecule has 0 spiro atoms. The van der Waals surface area contributed by atoms with Crippen molar-refractivity contribution in [2.24, 2.45) is 5.73 Å². The maximum Gasteiger partial charge on any atom is 0.0555 e. The Morgan fingerprint density at radius 3 is 2.64 bits per heavy atom. The van der Waals surface area contributed by atoms with Crippen molar-refractivity contribution in [1.29, 1.82) is 0 Å². The Kier molecular flexibility index (Phi) is 4.63. The Balaban J connectivity index is 2.41. The van der Waals surface area contributed by atoms with E-state index in [-0.39, 0.29) is 6.10 Å². The normalized spacial score (nSPS) is 12.8. The summed E-state index contributed by atoms with van der Waals surface area (Å²) in [5.74, 6) is 0. The molecule has 0 saturated carbocycles. The molecule has 2 heteroatoms. The Labute approximate surface area is 85.8 Å². The summed E-state index contributed by atoms with van der Waals surface area (Å²) in [6.07, 6.45) is 2.20. The van der Waals surface area contributed by atoms with Crippen molar-refractivity contribution in [2.45, 2.75) is 32.3 Å². The largest absolute Gasteiger partial charge is 0.393 e. The molecule has 3 N–H and O–H groups in total. The molecule has 0 amide bonds. The van der Waals surface area contributed by atoms with Gasteiger partial charge in [-0.15, -0.1) is 0 Å². The number of hydrogen-bond acceptors (Lipinski definition) is 2. The van der Waals surface area contributed by atoms with Gasteiger partial charge >= 0.3 is 0 Å². The molecule has 1 rings (SSSR count). The monoisotopic (exact) mass is 193 g/mol. The number of aliphatic hydroxyl groups excluding tert-OH is 1. The fraction of sp³-hybridized carbons (Fsp3) is 0.500. The van der Waals surface area contributed by atoms with Gasteiger partial charge in [0.25, 0.3) is 0 Å². The van der Waals surface area contributed by atoms with Crippen molar-refractivity contribution in [2.75, 3.05) is 6.54 Å². The van der Waals surface area contributed by atoms with Crippen LogP contribution in [0, 0.1) is 6.92 Å². The van der Waals surface area contributed by atoms with Crippen molar-refractivity contribution >= 4 is 0 Å². The number of aliphatic hydroxyl groups is 1. The second-order valence-corrected chi connectivity index (χ2v) is 3.70. The molecule has 1 unspecified atom stereocenters. The van der Waals surface area contributed by atoms with E-state index in [9.17, 15) is 5.11 Å². The SMILES string of the molecule is Cc1ccccc1CCC(O)CCN. The van der Waals surface area contributed by atoms with Crippen LogP contribution in [0.15, 0.2) is 24.3 Å². The number of benzene rings is 1. The molecule has 78 valence electrons. The minimum Gasteiger partial charge on any atom is -0.393 e. The fourth-order valence-corrected chi connectivity index (χ4v) is 1.55. The zero-order valence-electron chi connectivity index (χ0n) is 8.74. The summed E-state index contributed by atoms with van der Waals surface area (Å²) in [4.78, 5) is 0. The van der Waals surface area contributed by atoms with Crippen LogP contribution in [0.1, 0.15) is 24.0 Å². The summed E-state index contributed by atoms with van der Waals surface area (Å²) >= 11 is 0.